The minimum atomic E-state index is -0.741. The summed E-state index contributed by atoms with van der Waals surface area (Å²) in [6.45, 7) is 1.69. The van der Waals surface area contributed by atoms with Crippen LogP contribution in [0.3, 0.4) is 0 Å². The van der Waals surface area contributed by atoms with E-state index in [1.54, 1.807) is 6.92 Å². The van der Waals surface area contributed by atoms with Crippen molar-refractivity contribution in [1.29, 1.82) is 0 Å². The van der Waals surface area contributed by atoms with Crippen molar-refractivity contribution in [3.63, 3.8) is 0 Å². The molecule has 1 N–H and O–H groups in total. The molecule has 9 heteroatoms. The van der Waals surface area contributed by atoms with Gasteiger partial charge >= 0.3 is 0 Å². The quantitative estimate of drug-likeness (QED) is 0.547. The van der Waals surface area contributed by atoms with Crippen molar-refractivity contribution in [2.75, 3.05) is 5.32 Å². The van der Waals surface area contributed by atoms with Gasteiger partial charge in [-0.3, -0.25) is 14.9 Å². The van der Waals surface area contributed by atoms with Crippen molar-refractivity contribution >= 4 is 40.0 Å². The Morgan fingerprint density at radius 2 is 2.17 bits per heavy atom. The maximum Gasteiger partial charge on any atom is 0.271 e. The third kappa shape index (κ3) is 3.17. The SMILES string of the molecule is Cc1nc(-c2cccs2)sc1C(=O)Nc1cc([N+](=O)[O-])ccc1F. The van der Waals surface area contributed by atoms with E-state index in [0.717, 1.165) is 23.1 Å². The van der Waals surface area contributed by atoms with Gasteiger partial charge in [0.15, 0.2) is 0 Å². The highest BCUT2D eigenvalue weighted by Crippen LogP contribution is 2.32. The molecule has 0 aliphatic carbocycles. The van der Waals surface area contributed by atoms with Gasteiger partial charge in [0.1, 0.15) is 15.7 Å². The summed E-state index contributed by atoms with van der Waals surface area (Å²) in [5, 5.41) is 15.8. The second-order valence-electron chi connectivity index (χ2n) is 4.79. The Bertz CT molecular complexity index is 922. The van der Waals surface area contributed by atoms with E-state index < -0.39 is 16.6 Å². The summed E-state index contributed by atoms with van der Waals surface area (Å²) in [7, 11) is 0. The van der Waals surface area contributed by atoms with E-state index >= 15 is 0 Å². The van der Waals surface area contributed by atoms with E-state index in [1.807, 2.05) is 17.5 Å². The number of nitro benzene ring substituents is 1. The largest absolute Gasteiger partial charge is 0.318 e. The maximum atomic E-state index is 13.8. The van der Waals surface area contributed by atoms with Gasteiger partial charge in [-0.2, -0.15) is 0 Å². The van der Waals surface area contributed by atoms with Crippen LogP contribution in [-0.2, 0) is 0 Å². The van der Waals surface area contributed by atoms with E-state index in [2.05, 4.69) is 10.3 Å². The van der Waals surface area contributed by atoms with Crippen molar-refractivity contribution in [1.82, 2.24) is 4.98 Å². The highest BCUT2D eigenvalue weighted by atomic mass is 32.1. The number of amides is 1. The third-order valence-electron chi connectivity index (χ3n) is 3.14. The molecule has 0 radical (unpaired) electrons. The highest BCUT2D eigenvalue weighted by molar-refractivity contribution is 7.22. The fraction of sp³-hybridized carbons (Fsp3) is 0.0667. The molecule has 0 unspecified atom stereocenters. The smallest absolute Gasteiger partial charge is 0.271 e. The molecule has 0 fully saturated rings. The van der Waals surface area contributed by atoms with Gasteiger partial charge in [0, 0.05) is 12.1 Å². The number of nitro groups is 1. The number of aryl methyl sites for hydroxylation is 1. The summed E-state index contributed by atoms with van der Waals surface area (Å²) in [5.41, 5.74) is -0.0154. The van der Waals surface area contributed by atoms with Crippen molar-refractivity contribution in [3.8, 4) is 9.88 Å². The van der Waals surface area contributed by atoms with Crippen molar-refractivity contribution < 1.29 is 14.1 Å². The van der Waals surface area contributed by atoms with E-state index in [4.69, 9.17) is 0 Å². The molecule has 0 atom stereocenters. The fourth-order valence-electron chi connectivity index (χ4n) is 2.01. The van der Waals surface area contributed by atoms with Crippen molar-refractivity contribution in [3.05, 3.63) is 62.2 Å². The minimum absolute atomic E-state index is 0.236. The van der Waals surface area contributed by atoms with Crippen LogP contribution in [0.2, 0.25) is 0 Å². The molecular weight excluding hydrogens is 353 g/mol. The molecule has 0 bridgehead atoms. The molecule has 122 valence electrons. The maximum absolute atomic E-state index is 13.8. The van der Waals surface area contributed by atoms with Gasteiger partial charge in [-0.15, -0.1) is 22.7 Å². The van der Waals surface area contributed by atoms with Gasteiger partial charge in [-0.25, -0.2) is 9.37 Å². The average molecular weight is 363 g/mol. The Morgan fingerprint density at radius 1 is 1.38 bits per heavy atom. The normalized spacial score (nSPS) is 10.6. The molecule has 1 aromatic carbocycles. The first kappa shape index (κ1) is 16.2. The van der Waals surface area contributed by atoms with E-state index in [-0.39, 0.29) is 11.4 Å². The molecule has 24 heavy (non-hydrogen) atoms. The van der Waals surface area contributed by atoms with Crippen LogP contribution in [0.25, 0.3) is 9.88 Å². The molecule has 6 nitrogen and oxygen atoms in total. The summed E-state index contributed by atoms with van der Waals surface area (Å²) in [6.07, 6.45) is 0. The number of thiazole rings is 1. The van der Waals surface area contributed by atoms with Crippen LogP contribution >= 0.6 is 22.7 Å². The molecule has 2 aromatic heterocycles. The van der Waals surface area contributed by atoms with Gasteiger partial charge in [0.05, 0.1) is 21.2 Å². The Kier molecular flexibility index (Phi) is 4.36. The topological polar surface area (TPSA) is 85.1 Å². The number of thiophene rings is 1. The zero-order valence-electron chi connectivity index (χ0n) is 12.3. The number of anilines is 1. The fourth-order valence-corrected chi connectivity index (χ4v) is 3.77. The number of rotatable bonds is 4. The lowest BCUT2D eigenvalue weighted by atomic mass is 10.2. The van der Waals surface area contributed by atoms with E-state index in [1.165, 1.54) is 22.7 Å². The number of carbonyl (C=O) groups is 1. The number of halogens is 1. The third-order valence-corrected chi connectivity index (χ3v) is 5.34. The molecular formula is C15H10FN3O3S2. The van der Waals surface area contributed by atoms with E-state index in [0.29, 0.717) is 15.6 Å². The highest BCUT2D eigenvalue weighted by Gasteiger charge is 2.19. The molecule has 1 amide bonds. The second kappa shape index (κ2) is 6.46. The van der Waals surface area contributed by atoms with Gasteiger partial charge in [-0.05, 0) is 24.4 Å². The first-order valence-electron chi connectivity index (χ1n) is 6.72. The molecule has 2 heterocycles. The molecule has 3 aromatic rings. The van der Waals surface area contributed by atoms with Crippen LogP contribution in [0.4, 0.5) is 15.8 Å². The summed E-state index contributed by atoms with van der Waals surface area (Å²) in [6, 6.07) is 6.76. The van der Waals surface area contributed by atoms with Crippen LogP contribution in [-0.4, -0.2) is 15.8 Å². The number of hydrogen-bond donors (Lipinski definition) is 1. The minimum Gasteiger partial charge on any atom is -0.318 e. The summed E-state index contributed by atoms with van der Waals surface area (Å²) in [4.78, 5) is 28.1. The van der Waals surface area contributed by atoms with Crippen LogP contribution in [0.15, 0.2) is 35.7 Å². The lowest BCUT2D eigenvalue weighted by molar-refractivity contribution is -0.384. The molecule has 0 aliphatic rings. The molecule has 0 saturated carbocycles. The van der Waals surface area contributed by atoms with Gasteiger partial charge in [-0.1, -0.05) is 6.07 Å². The summed E-state index contributed by atoms with van der Waals surface area (Å²) >= 11 is 2.69. The zero-order chi connectivity index (χ0) is 17.3. The average Bonchev–Trinajstić information content (AvgIpc) is 3.18. The number of hydrogen-bond acceptors (Lipinski definition) is 6. The number of benzene rings is 1. The van der Waals surface area contributed by atoms with Crippen LogP contribution in [0.5, 0.6) is 0 Å². The lowest BCUT2D eigenvalue weighted by Gasteiger charge is -2.05. The number of non-ortho nitro benzene ring substituents is 1. The number of aromatic nitrogens is 1. The van der Waals surface area contributed by atoms with Crippen molar-refractivity contribution in [2.45, 2.75) is 6.92 Å². The summed E-state index contributed by atoms with van der Waals surface area (Å²) < 4.78 is 13.8. The lowest BCUT2D eigenvalue weighted by Crippen LogP contribution is -2.13. The van der Waals surface area contributed by atoms with Crippen LogP contribution in [0.1, 0.15) is 15.4 Å². The second-order valence-corrected chi connectivity index (χ2v) is 6.73. The predicted octanol–water partition coefficient (Wildman–Crippen LogP) is 4.48. The zero-order valence-corrected chi connectivity index (χ0v) is 13.9. The Hall–Kier alpha value is -2.65. The van der Waals surface area contributed by atoms with Crippen LogP contribution < -0.4 is 5.32 Å². The van der Waals surface area contributed by atoms with Crippen LogP contribution in [0, 0.1) is 22.9 Å². The van der Waals surface area contributed by atoms with E-state index in [9.17, 15) is 19.3 Å². The molecule has 0 aliphatic heterocycles. The monoisotopic (exact) mass is 363 g/mol. The summed E-state index contributed by atoms with van der Waals surface area (Å²) in [5.74, 6) is -1.29. The van der Waals surface area contributed by atoms with Gasteiger partial charge in [0.2, 0.25) is 0 Å². The first-order chi connectivity index (χ1) is 11.5. The Labute approximate surface area is 143 Å². The standard InChI is InChI=1S/C15H10FN3O3S2/c1-8-13(24-15(17-8)12-3-2-6-23-12)14(20)18-11-7-9(19(21)22)4-5-10(11)16/h2-7H,1H3,(H,18,20). The number of nitrogens with zero attached hydrogens (tertiary/aromatic N) is 2. The Morgan fingerprint density at radius 3 is 2.83 bits per heavy atom. The van der Waals surface area contributed by atoms with Gasteiger partial charge in [0.25, 0.3) is 11.6 Å². The number of nitrogens with one attached hydrogen (secondary N) is 1. The molecule has 0 saturated heterocycles. The molecule has 3 rings (SSSR count). The van der Waals surface area contributed by atoms with Crippen molar-refractivity contribution in [2.24, 2.45) is 0 Å². The number of carbonyl (C=O) groups excluding carboxylic acids is 1. The first-order valence-corrected chi connectivity index (χ1v) is 8.42. The predicted molar refractivity (Wildman–Crippen MR) is 91.2 cm³/mol. The molecule has 0 spiro atoms. The van der Waals surface area contributed by atoms with Gasteiger partial charge < -0.3 is 5.32 Å². The Balaban J connectivity index is 1.88.